The second-order valence-electron chi connectivity index (χ2n) is 3.27. The van der Waals surface area contributed by atoms with Gasteiger partial charge in [-0.2, -0.15) is 0 Å². The van der Waals surface area contributed by atoms with Gasteiger partial charge in [-0.15, -0.1) is 0 Å². The maximum absolute atomic E-state index is 10.7. The zero-order chi connectivity index (χ0) is 11.4. The summed E-state index contributed by atoms with van der Waals surface area (Å²) in [6.07, 6.45) is 0.899. The molecule has 0 unspecified atom stereocenters. The number of anilines is 2. The fraction of sp³-hybridized carbons (Fsp3) is 0.300. The lowest BCUT2D eigenvalue weighted by Gasteiger charge is -2.19. The topological polar surface area (TPSA) is 92.6 Å². The van der Waals surface area contributed by atoms with Crippen LogP contribution in [-0.4, -0.2) is 17.6 Å². The Bertz CT molecular complexity index is 366. The summed E-state index contributed by atoms with van der Waals surface area (Å²) < 4.78 is 0. The second kappa shape index (κ2) is 4.65. The highest BCUT2D eigenvalue weighted by Crippen LogP contribution is 2.22. The van der Waals surface area contributed by atoms with Crippen LogP contribution < -0.4 is 16.6 Å². The lowest BCUT2D eigenvalue weighted by Crippen LogP contribution is -2.32. The van der Waals surface area contributed by atoms with Gasteiger partial charge >= 0.3 is 5.97 Å². The van der Waals surface area contributed by atoms with Crippen molar-refractivity contribution >= 4 is 17.3 Å². The van der Waals surface area contributed by atoms with Crippen LogP contribution in [0.3, 0.4) is 0 Å². The van der Waals surface area contributed by atoms with Gasteiger partial charge in [-0.05, 0) is 24.6 Å². The highest BCUT2D eigenvalue weighted by molar-refractivity contribution is 5.90. The SMILES string of the molecule is CCCN(N)c1ccc(C(=O)O)cc1N. The molecule has 82 valence electrons. The van der Waals surface area contributed by atoms with E-state index < -0.39 is 5.97 Å². The van der Waals surface area contributed by atoms with Crippen molar-refractivity contribution < 1.29 is 9.90 Å². The van der Waals surface area contributed by atoms with Gasteiger partial charge in [-0.1, -0.05) is 6.92 Å². The van der Waals surface area contributed by atoms with Gasteiger partial charge in [0.2, 0.25) is 0 Å². The van der Waals surface area contributed by atoms with E-state index in [1.807, 2.05) is 6.92 Å². The molecule has 0 saturated carbocycles. The van der Waals surface area contributed by atoms with E-state index in [0.717, 1.165) is 6.42 Å². The molecule has 0 fully saturated rings. The normalized spacial score (nSPS) is 10.0. The van der Waals surface area contributed by atoms with Crippen molar-refractivity contribution in [3.8, 4) is 0 Å². The minimum Gasteiger partial charge on any atom is -0.478 e. The molecule has 5 heteroatoms. The van der Waals surface area contributed by atoms with Gasteiger partial charge in [-0.25, -0.2) is 10.6 Å². The first-order valence-electron chi connectivity index (χ1n) is 4.71. The van der Waals surface area contributed by atoms with Crippen molar-refractivity contribution in [2.75, 3.05) is 17.3 Å². The average molecular weight is 209 g/mol. The van der Waals surface area contributed by atoms with Gasteiger partial charge in [-0.3, -0.25) is 0 Å². The van der Waals surface area contributed by atoms with E-state index in [4.69, 9.17) is 16.7 Å². The Labute approximate surface area is 88.3 Å². The monoisotopic (exact) mass is 209 g/mol. The molecule has 0 aliphatic rings. The lowest BCUT2D eigenvalue weighted by molar-refractivity contribution is 0.0697. The number of aromatic carboxylic acids is 1. The number of hydrazine groups is 1. The van der Waals surface area contributed by atoms with Gasteiger partial charge in [0.05, 0.1) is 16.9 Å². The summed E-state index contributed by atoms with van der Waals surface area (Å²) in [6, 6.07) is 4.52. The molecule has 0 aliphatic heterocycles. The van der Waals surface area contributed by atoms with Crippen molar-refractivity contribution in [2.24, 2.45) is 5.84 Å². The minimum atomic E-state index is -0.993. The van der Waals surface area contributed by atoms with Crippen molar-refractivity contribution in [1.82, 2.24) is 0 Å². The third kappa shape index (κ3) is 2.60. The van der Waals surface area contributed by atoms with Crippen LogP contribution in [0.15, 0.2) is 18.2 Å². The Morgan fingerprint density at radius 1 is 1.53 bits per heavy atom. The summed E-state index contributed by atoms with van der Waals surface area (Å²) >= 11 is 0. The van der Waals surface area contributed by atoms with Crippen LogP contribution in [0, 0.1) is 0 Å². The number of carbonyl (C=O) groups is 1. The Kier molecular flexibility index (Phi) is 3.51. The molecule has 5 nitrogen and oxygen atoms in total. The summed E-state index contributed by atoms with van der Waals surface area (Å²) in [7, 11) is 0. The highest BCUT2D eigenvalue weighted by atomic mass is 16.4. The van der Waals surface area contributed by atoms with E-state index in [1.165, 1.54) is 17.1 Å². The van der Waals surface area contributed by atoms with Crippen LogP contribution in [0.1, 0.15) is 23.7 Å². The van der Waals surface area contributed by atoms with Crippen LogP contribution in [0.5, 0.6) is 0 Å². The zero-order valence-corrected chi connectivity index (χ0v) is 8.60. The smallest absolute Gasteiger partial charge is 0.335 e. The van der Waals surface area contributed by atoms with Crippen LogP contribution >= 0.6 is 0 Å². The molecule has 0 bridgehead atoms. The third-order valence-electron chi connectivity index (χ3n) is 2.05. The number of benzene rings is 1. The number of carboxylic acid groups (broad SMARTS) is 1. The number of carboxylic acids is 1. The first kappa shape index (κ1) is 11.3. The Hall–Kier alpha value is -1.75. The molecule has 15 heavy (non-hydrogen) atoms. The molecule has 0 heterocycles. The third-order valence-corrected chi connectivity index (χ3v) is 2.05. The van der Waals surface area contributed by atoms with Gasteiger partial charge in [0.15, 0.2) is 0 Å². The number of hydrogen-bond donors (Lipinski definition) is 3. The number of rotatable bonds is 4. The molecular formula is C10H15N3O2. The summed E-state index contributed by atoms with van der Waals surface area (Å²) in [5.41, 5.74) is 6.91. The predicted octanol–water partition coefficient (Wildman–Crippen LogP) is 1.06. The van der Waals surface area contributed by atoms with Gasteiger partial charge in [0, 0.05) is 6.54 Å². The molecular weight excluding hydrogens is 194 g/mol. The van der Waals surface area contributed by atoms with Crippen molar-refractivity contribution in [3.05, 3.63) is 23.8 Å². The highest BCUT2D eigenvalue weighted by Gasteiger charge is 2.09. The van der Waals surface area contributed by atoms with E-state index >= 15 is 0 Å². The summed E-state index contributed by atoms with van der Waals surface area (Å²) in [6.45, 7) is 2.68. The van der Waals surface area contributed by atoms with Gasteiger partial charge in [0.25, 0.3) is 0 Å². The molecule has 0 amide bonds. The minimum absolute atomic E-state index is 0.168. The molecule has 0 aromatic heterocycles. The maximum atomic E-state index is 10.7. The van der Waals surface area contributed by atoms with Gasteiger partial charge in [0.1, 0.15) is 0 Å². The van der Waals surface area contributed by atoms with E-state index in [9.17, 15) is 4.79 Å². The van der Waals surface area contributed by atoms with E-state index in [-0.39, 0.29) is 5.56 Å². The zero-order valence-electron chi connectivity index (χ0n) is 8.60. The molecule has 0 radical (unpaired) electrons. The van der Waals surface area contributed by atoms with Crippen LogP contribution in [0.4, 0.5) is 11.4 Å². The number of nitrogen functional groups attached to an aromatic ring is 1. The van der Waals surface area contributed by atoms with E-state index in [0.29, 0.717) is 17.9 Å². The molecule has 1 aromatic carbocycles. The fourth-order valence-corrected chi connectivity index (χ4v) is 1.31. The average Bonchev–Trinajstić information content (AvgIpc) is 2.17. The fourth-order valence-electron chi connectivity index (χ4n) is 1.31. The Balaban J connectivity index is 2.97. The van der Waals surface area contributed by atoms with Crippen molar-refractivity contribution in [3.63, 3.8) is 0 Å². The molecule has 1 aromatic rings. The summed E-state index contributed by atoms with van der Waals surface area (Å²) in [4.78, 5) is 10.7. The maximum Gasteiger partial charge on any atom is 0.335 e. The number of hydrogen-bond acceptors (Lipinski definition) is 4. The van der Waals surface area contributed by atoms with Crippen molar-refractivity contribution in [2.45, 2.75) is 13.3 Å². The lowest BCUT2D eigenvalue weighted by atomic mass is 10.1. The molecule has 5 N–H and O–H groups in total. The second-order valence-corrected chi connectivity index (χ2v) is 3.27. The first-order chi connectivity index (χ1) is 7.06. The van der Waals surface area contributed by atoms with Gasteiger partial charge < -0.3 is 15.8 Å². The Morgan fingerprint density at radius 3 is 2.67 bits per heavy atom. The number of nitrogens with zero attached hydrogens (tertiary/aromatic N) is 1. The largest absolute Gasteiger partial charge is 0.478 e. The first-order valence-corrected chi connectivity index (χ1v) is 4.71. The van der Waals surface area contributed by atoms with Crippen molar-refractivity contribution in [1.29, 1.82) is 0 Å². The predicted molar refractivity (Wildman–Crippen MR) is 59.6 cm³/mol. The summed E-state index contributed by atoms with van der Waals surface area (Å²) in [5, 5.41) is 10.3. The molecule has 1 rings (SSSR count). The Morgan fingerprint density at radius 2 is 2.20 bits per heavy atom. The molecule has 0 atom stereocenters. The van der Waals surface area contributed by atoms with Crippen LogP contribution in [0.25, 0.3) is 0 Å². The van der Waals surface area contributed by atoms with E-state index in [2.05, 4.69) is 0 Å². The van der Waals surface area contributed by atoms with Crippen LogP contribution in [0.2, 0.25) is 0 Å². The van der Waals surface area contributed by atoms with Crippen LogP contribution in [-0.2, 0) is 0 Å². The van der Waals surface area contributed by atoms with E-state index in [1.54, 1.807) is 6.07 Å². The standard InChI is InChI=1S/C10H15N3O2/c1-2-5-13(12)9-4-3-7(10(14)15)6-8(9)11/h3-4,6H,2,5,11-12H2,1H3,(H,14,15). The molecule has 0 saturated heterocycles. The summed E-state index contributed by atoms with van der Waals surface area (Å²) in [5.74, 6) is 4.75. The molecule has 0 aliphatic carbocycles. The number of nitrogens with two attached hydrogens (primary N) is 2. The quantitative estimate of drug-likeness (QED) is 0.391. The molecule has 0 spiro atoms.